The Balaban J connectivity index is 3.02. The number of anilines is 1. The first kappa shape index (κ1) is 18.9. The van der Waals surface area contributed by atoms with E-state index in [0.717, 1.165) is 16.2 Å². The van der Waals surface area contributed by atoms with Gasteiger partial charge in [-0.15, -0.1) is 0 Å². The number of rotatable bonds is 5. The fraction of sp³-hybridized carbons (Fsp3) is 0.571. The van der Waals surface area contributed by atoms with E-state index in [1.54, 1.807) is 27.7 Å². The standard InChI is InChI=1S/C14H20N2O6S/c1-6-21-9(17)7-8-10(11(18)19)23-12(15-8)16(5)13(20)22-14(2,3)4/h6-7H2,1-5H3,(H,18,19). The number of hydrogen-bond acceptors (Lipinski definition) is 7. The molecule has 8 nitrogen and oxygen atoms in total. The number of aromatic nitrogens is 1. The fourth-order valence-corrected chi connectivity index (χ4v) is 2.40. The number of carbonyl (C=O) groups is 3. The normalized spacial score (nSPS) is 11.0. The SMILES string of the molecule is CCOC(=O)Cc1nc(N(C)C(=O)OC(C)(C)C)sc1C(=O)O. The van der Waals surface area contributed by atoms with Crippen LogP contribution in [0.3, 0.4) is 0 Å². The van der Waals surface area contributed by atoms with Crippen molar-refractivity contribution in [3.05, 3.63) is 10.6 Å². The van der Waals surface area contributed by atoms with Crippen LogP contribution in [0.5, 0.6) is 0 Å². The van der Waals surface area contributed by atoms with E-state index in [0.29, 0.717) is 0 Å². The molecule has 1 amide bonds. The van der Waals surface area contributed by atoms with E-state index in [9.17, 15) is 19.5 Å². The molecule has 0 saturated heterocycles. The van der Waals surface area contributed by atoms with Crippen molar-refractivity contribution in [2.45, 2.75) is 39.7 Å². The van der Waals surface area contributed by atoms with Crippen LogP contribution in [-0.2, 0) is 20.7 Å². The van der Waals surface area contributed by atoms with Crippen LogP contribution in [0, 0.1) is 0 Å². The molecule has 0 unspecified atom stereocenters. The van der Waals surface area contributed by atoms with Gasteiger partial charge >= 0.3 is 18.0 Å². The molecule has 0 aliphatic carbocycles. The second-order valence-corrected chi connectivity index (χ2v) is 6.58. The van der Waals surface area contributed by atoms with Crippen molar-refractivity contribution in [1.82, 2.24) is 4.98 Å². The van der Waals surface area contributed by atoms with Crippen molar-refractivity contribution in [2.24, 2.45) is 0 Å². The molecule has 1 aromatic heterocycles. The van der Waals surface area contributed by atoms with E-state index in [2.05, 4.69) is 4.98 Å². The van der Waals surface area contributed by atoms with Gasteiger partial charge in [-0.3, -0.25) is 9.69 Å². The maximum absolute atomic E-state index is 12.0. The molecule has 0 aromatic carbocycles. The van der Waals surface area contributed by atoms with Gasteiger partial charge < -0.3 is 14.6 Å². The largest absolute Gasteiger partial charge is 0.477 e. The average molecular weight is 344 g/mol. The Bertz CT molecular complexity index is 605. The molecule has 1 rings (SSSR count). The molecule has 1 N–H and O–H groups in total. The monoisotopic (exact) mass is 344 g/mol. The highest BCUT2D eigenvalue weighted by Gasteiger charge is 2.26. The summed E-state index contributed by atoms with van der Waals surface area (Å²) in [5, 5.41) is 9.35. The van der Waals surface area contributed by atoms with Gasteiger partial charge in [0.1, 0.15) is 10.5 Å². The Morgan fingerprint density at radius 1 is 1.30 bits per heavy atom. The van der Waals surface area contributed by atoms with Crippen molar-refractivity contribution in [2.75, 3.05) is 18.6 Å². The highest BCUT2D eigenvalue weighted by atomic mass is 32.1. The van der Waals surface area contributed by atoms with Crippen molar-refractivity contribution in [1.29, 1.82) is 0 Å². The summed E-state index contributed by atoms with van der Waals surface area (Å²) in [4.78, 5) is 39.9. The van der Waals surface area contributed by atoms with Gasteiger partial charge in [-0.2, -0.15) is 0 Å². The van der Waals surface area contributed by atoms with Crippen LogP contribution in [-0.4, -0.2) is 47.4 Å². The molecule has 0 aliphatic heterocycles. The van der Waals surface area contributed by atoms with E-state index in [-0.39, 0.29) is 28.7 Å². The maximum atomic E-state index is 12.0. The molecule has 1 aromatic rings. The maximum Gasteiger partial charge on any atom is 0.416 e. The number of carboxylic acids is 1. The highest BCUT2D eigenvalue weighted by molar-refractivity contribution is 7.17. The number of nitrogens with zero attached hydrogens (tertiary/aromatic N) is 2. The van der Waals surface area contributed by atoms with Crippen molar-refractivity contribution >= 4 is 34.5 Å². The van der Waals surface area contributed by atoms with Gasteiger partial charge in [-0.25, -0.2) is 14.6 Å². The number of hydrogen-bond donors (Lipinski definition) is 1. The summed E-state index contributed by atoms with van der Waals surface area (Å²) in [5.74, 6) is -1.79. The number of thiazole rings is 1. The molecule has 0 saturated carbocycles. The Hall–Kier alpha value is -2.16. The van der Waals surface area contributed by atoms with Gasteiger partial charge in [-0.1, -0.05) is 11.3 Å². The Labute approximate surface area is 138 Å². The molecule has 9 heteroatoms. The summed E-state index contributed by atoms with van der Waals surface area (Å²) in [6.07, 6.45) is -0.931. The van der Waals surface area contributed by atoms with Gasteiger partial charge in [0.05, 0.1) is 18.7 Å². The molecule has 0 radical (unpaired) electrons. The lowest BCUT2D eigenvalue weighted by Gasteiger charge is -2.23. The number of esters is 1. The molecule has 0 bridgehead atoms. The molecule has 128 valence electrons. The van der Waals surface area contributed by atoms with Gasteiger partial charge in [-0.05, 0) is 27.7 Å². The van der Waals surface area contributed by atoms with Gasteiger partial charge in [0, 0.05) is 7.05 Å². The second-order valence-electron chi connectivity index (χ2n) is 5.60. The zero-order valence-electron chi connectivity index (χ0n) is 13.7. The Morgan fingerprint density at radius 2 is 1.91 bits per heavy atom. The predicted octanol–water partition coefficient (Wildman–Crippen LogP) is 2.32. The second kappa shape index (κ2) is 7.40. The van der Waals surface area contributed by atoms with Crippen LogP contribution in [0.4, 0.5) is 9.93 Å². The minimum atomic E-state index is -1.22. The smallest absolute Gasteiger partial charge is 0.416 e. The molecule has 0 atom stereocenters. The average Bonchev–Trinajstić information content (AvgIpc) is 2.79. The molecule has 23 heavy (non-hydrogen) atoms. The third-order valence-corrected chi connectivity index (χ3v) is 3.61. The Kier molecular flexibility index (Phi) is 6.08. The predicted molar refractivity (Wildman–Crippen MR) is 84.0 cm³/mol. The van der Waals surface area contributed by atoms with Crippen molar-refractivity contribution in [3.63, 3.8) is 0 Å². The van der Waals surface area contributed by atoms with Crippen LogP contribution < -0.4 is 4.90 Å². The minimum absolute atomic E-state index is 0.0614. The fourth-order valence-electron chi connectivity index (χ4n) is 1.53. The lowest BCUT2D eigenvalue weighted by molar-refractivity contribution is -0.142. The van der Waals surface area contributed by atoms with Gasteiger partial charge in [0.15, 0.2) is 5.13 Å². The summed E-state index contributed by atoms with van der Waals surface area (Å²) in [6, 6.07) is 0. The molecule has 1 heterocycles. The van der Waals surface area contributed by atoms with Crippen molar-refractivity contribution < 1.29 is 29.0 Å². The highest BCUT2D eigenvalue weighted by Crippen LogP contribution is 2.27. The van der Waals surface area contributed by atoms with E-state index < -0.39 is 23.6 Å². The molecule has 0 spiro atoms. The lowest BCUT2D eigenvalue weighted by Crippen LogP contribution is -2.34. The molecular formula is C14H20N2O6S. The van der Waals surface area contributed by atoms with E-state index >= 15 is 0 Å². The van der Waals surface area contributed by atoms with Crippen LogP contribution in [0.2, 0.25) is 0 Å². The van der Waals surface area contributed by atoms with Crippen LogP contribution in [0.25, 0.3) is 0 Å². The third kappa shape index (κ3) is 5.51. The summed E-state index contributed by atoms with van der Waals surface area (Å²) < 4.78 is 9.99. The summed E-state index contributed by atoms with van der Waals surface area (Å²) >= 11 is 0.797. The Morgan fingerprint density at radius 3 is 2.39 bits per heavy atom. The number of aromatic carboxylic acids is 1. The van der Waals surface area contributed by atoms with Crippen LogP contribution in [0.15, 0.2) is 0 Å². The topological polar surface area (TPSA) is 106 Å². The summed E-state index contributed by atoms with van der Waals surface area (Å²) in [7, 11) is 1.42. The number of ether oxygens (including phenoxy) is 2. The third-order valence-electron chi connectivity index (χ3n) is 2.45. The molecule has 0 aliphatic rings. The number of carboxylic acid groups (broad SMARTS) is 1. The number of amides is 1. The quantitative estimate of drug-likeness (QED) is 0.817. The molecular weight excluding hydrogens is 324 g/mol. The first-order valence-electron chi connectivity index (χ1n) is 6.90. The number of carbonyl (C=O) groups excluding carboxylic acids is 2. The van der Waals surface area contributed by atoms with Crippen molar-refractivity contribution in [3.8, 4) is 0 Å². The van der Waals surface area contributed by atoms with Crippen LogP contribution >= 0.6 is 11.3 Å². The van der Waals surface area contributed by atoms with Gasteiger partial charge in [0.2, 0.25) is 0 Å². The van der Waals surface area contributed by atoms with E-state index in [1.165, 1.54) is 7.05 Å². The van der Waals surface area contributed by atoms with E-state index in [4.69, 9.17) is 9.47 Å². The minimum Gasteiger partial charge on any atom is -0.477 e. The van der Waals surface area contributed by atoms with Gasteiger partial charge in [0.25, 0.3) is 0 Å². The first-order valence-corrected chi connectivity index (χ1v) is 7.72. The summed E-state index contributed by atoms with van der Waals surface area (Å²) in [5.41, 5.74) is -0.627. The lowest BCUT2D eigenvalue weighted by atomic mass is 10.2. The first-order chi connectivity index (χ1) is 10.5. The zero-order valence-corrected chi connectivity index (χ0v) is 14.5. The van der Waals surface area contributed by atoms with Crippen LogP contribution in [0.1, 0.15) is 43.1 Å². The molecule has 0 fully saturated rings. The summed E-state index contributed by atoms with van der Waals surface area (Å²) in [6.45, 7) is 7.00. The zero-order chi connectivity index (χ0) is 17.8. The van der Waals surface area contributed by atoms with E-state index in [1.807, 2.05) is 0 Å².